The van der Waals surface area contributed by atoms with Crippen molar-refractivity contribution in [3.8, 4) is 0 Å². The van der Waals surface area contributed by atoms with Crippen LogP contribution in [0, 0.1) is 0 Å². The van der Waals surface area contributed by atoms with Gasteiger partial charge in [-0.25, -0.2) is 0 Å². The normalized spacial score (nSPS) is 15.5. The molecule has 0 aromatic heterocycles. The number of carboxylic acid groups (broad SMARTS) is 1. The summed E-state index contributed by atoms with van der Waals surface area (Å²) in [5, 5.41) is 9.31. The number of benzene rings is 1. The van der Waals surface area contributed by atoms with Crippen LogP contribution in [-0.4, -0.2) is 53.0 Å². The Morgan fingerprint density at radius 3 is 2.50 bits per heavy atom. The molecule has 1 amide bonds. The average molecular weight is 347 g/mol. The van der Waals surface area contributed by atoms with Crippen LogP contribution in [0.2, 0.25) is 5.02 Å². The number of halogens is 2. The summed E-state index contributed by atoms with van der Waals surface area (Å²) in [6, 6.07) is 7.50. The summed E-state index contributed by atoms with van der Waals surface area (Å²) in [6.07, 6.45) is 0.735. The van der Waals surface area contributed by atoms with Crippen LogP contribution in [0.3, 0.4) is 0 Å². The number of rotatable bonds is 6. The Balaban J connectivity index is 0.00000242. The Kier molecular flexibility index (Phi) is 7.65. The quantitative estimate of drug-likeness (QED) is 0.858. The average Bonchev–Trinajstić information content (AvgIpc) is 2.44. The highest BCUT2D eigenvalue weighted by atomic mass is 35.5. The second-order valence-corrected chi connectivity index (χ2v) is 5.65. The van der Waals surface area contributed by atoms with Crippen molar-refractivity contribution >= 4 is 35.9 Å². The summed E-state index contributed by atoms with van der Waals surface area (Å²) in [5.41, 5.74) is 1.06. The summed E-state index contributed by atoms with van der Waals surface area (Å²) in [7, 11) is 0. The van der Waals surface area contributed by atoms with Gasteiger partial charge in [0, 0.05) is 31.1 Å². The zero-order valence-corrected chi connectivity index (χ0v) is 13.8. The second kappa shape index (κ2) is 8.98. The molecule has 0 saturated carbocycles. The van der Waals surface area contributed by atoms with Crippen molar-refractivity contribution in [2.75, 3.05) is 26.2 Å². The number of hydrogen-bond acceptors (Lipinski definition) is 3. The van der Waals surface area contributed by atoms with Crippen LogP contribution < -0.4 is 0 Å². The predicted molar refractivity (Wildman–Crippen MR) is 87.4 cm³/mol. The Morgan fingerprint density at radius 1 is 1.23 bits per heavy atom. The lowest BCUT2D eigenvalue weighted by Gasteiger charge is -2.34. The van der Waals surface area contributed by atoms with Crippen molar-refractivity contribution in [3.63, 3.8) is 0 Å². The van der Waals surface area contributed by atoms with Crippen molar-refractivity contribution in [3.05, 3.63) is 34.9 Å². The molecule has 122 valence electrons. The first-order valence-electron chi connectivity index (χ1n) is 7.01. The fourth-order valence-electron chi connectivity index (χ4n) is 2.38. The molecule has 1 aromatic carbocycles. The molecule has 1 aliphatic heterocycles. The van der Waals surface area contributed by atoms with Gasteiger partial charge in [0.2, 0.25) is 5.91 Å². The van der Waals surface area contributed by atoms with Crippen LogP contribution in [0.4, 0.5) is 0 Å². The van der Waals surface area contributed by atoms with E-state index in [1.807, 2.05) is 34.1 Å². The van der Waals surface area contributed by atoms with Gasteiger partial charge >= 0.3 is 5.97 Å². The number of piperazine rings is 1. The zero-order valence-electron chi connectivity index (χ0n) is 12.2. The van der Waals surface area contributed by atoms with Crippen LogP contribution in [-0.2, 0) is 16.1 Å². The minimum absolute atomic E-state index is 0. The lowest BCUT2D eigenvalue weighted by atomic mass is 10.2. The molecule has 0 aliphatic carbocycles. The van der Waals surface area contributed by atoms with E-state index < -0.39 is 5.97 Å². The number of aliphatic carboxylic acids is 1. The molecule has 0 atom stereocenters. The van der Waals surface area contributed by atoms with Crippen LogP contribution in [0.25, 0.3) is 0 Å². The fraction of sp³-hybridized carbons (Fsp3) is 0.467. The Morgan fingerprint density at radius 2 is 1.91 bits per heavy atom. The number of carbonyl (C=O) groups excluding carboxylic acids is 1. The molecule has 5 nitrogen and oxygen atoms in total. The fourth-order valence-corrected chi connectivity index (χ4v) is 2.51. The van der Waals surface area contributed by atoms with Crippen LogP contribution in [0.1, 0.15) is 18.4 Å². The van der Waals surface area contributed by atoms with Gasteiger partial charge in [0.25, 0.3) is 0 Å². The summed E-state index contributed by atoms with van der Waals surface area (Å²) in [5.74, 6) is -0.700. The first kappa shape index (κ1) is 18.7. The zero-order chi connectivity index (χ0) is 15.2. The van der Waals surface area contributed by atoms with E-state index in [-0.39, 0.29) is 24.7 Å². The molecular weight excluding hydrogens is 327 g/mol. The number of amides is 1. The van der Waals surface area contributed by atoms with E-state index in [1.54, 1.807) is 0 Å². The summed E-state index contributed by atoms with van der Waals surface area (Å²) in [4.78, 5) is 26.4. The van der Waals surface area contributed by atoms with Gasteiger partial charge in [0.05, 0.1) is 6.54 Å². The summed E-state index contributed by atoms with van der Waals surface area (Å²) < 4.78 is 0. The molecule has 1 heterocycles. The minimum atomic E-state index is -0.789. The van der Waals surface area contributed by atoms with Crippen LogP contribution in [0.15, 0.2) is 24.3 Å². The molecule has 1 N–H and O–H groups in total. The van der Waals surface area contributed by atoms with E-state index >= 15 is 0 Å². The third kappa shape index (κ3) is 5.83. The van der Waals surface area contributed by atoms with E-state index in [0.717, 1.165) is 12.1 Å². The van der Waals surface area contributed by atoms with Crippen molar-refractivity contribution in [2.45, 2.75) is 19.4 Å². The number of carboxylic acids is 1. The lowest BCUT2D eigenvalue weighted by molar-refractivity contribution is -0.137. The maximum Gasteiger partial charge on any atom is 0.303 e. The molecule has 1 aliphatic rings. The molecule has 2 rings (SSSR count). The molecular formula is C15H20Cl2N2O3. The van der Waals surface area contributed by atoms with Crippen LogP contribution >= 0.6 is 24.0 Å². The Hall–Kier alpha value is -1.30. The Labute approximate surface area is 141 Å². The van der Waals surface area contributed by atoms with Gasteiger partial charge in [0.15, 0.2) is 0 Å². The van der Waals surface area contributed by atoms with Crippen LogP contribution in [0.5, 0.6) is 0 Å². The monoisotopic (exact) mass is 346 g/mol. The maximum absolute atomic E-state index is 12.1. The molecule has 1 saturated heterocycles. The molecule has 1 aromatic rings. The molecule has 7 heteroatoms. The van der Waals surface area contributed by atoms with Gasteiger partial charge in [0.1, 0.15) is 0 Å². The van der Waals surface area contributed by atoms with E-state index in [9.17, 15) is 9.59 Å². The number of carbonyl (C=O) groups is 2. The first-order chi connectivity index (χ1) is 10.0. The highest BCUT2D eigenvalue weighted by Gasteiger charge is 2.23. The van der Waals surface area contributed by atoms with E-state index in [4.69, 9.17) is 16.7 Å². The maximum atomic E-state index is 12.1. The van der Waals surface area contributed by atoms with Gasteiger partial charge in [-0.2, -0.15) is 0 Å². The van der Waals surface area contributed by atoms with Gasteiger partial charge < -0.3 is 10.0 Å². The smallest absolute Gasteiger partial charge is 0.303 e. The highest BCUT2D eigenvalue weighted by Crippen LogP contribution is 2.13. The minimum Gasteiger partial charge on any atom is -0.481 e. The van der Waals surface area contributed by atoms with Gasteiger partial charge in [-0.1, -0.05) is 23.7 Å². The van der Waals surface area contributed by atoms with Crippen molar-refractivity contribution < 1.29 is 14.7 Å². The van der Waals surface area contributed by atoms with E-state index in [1.165, 1.54) is 0 Å². The lowest BCUT2D eigenvalue weighted by Crippen LogP contribution is -2.50. The molecule has 22 heavy (non-hydrogen) atoms. The van der Waals surface area contributed by atoms with Crippen molar-refractivity contribution in [1.82, 2.24) is 9.80 Å². The second-order valence-electron chi connectivity index (χ2n) is 5.22. The molecule has 0 spiro atoms. The van der Waals surface area contributed by atoms with Crippen molar-refractivity contribution in [1.29, 1.82) is 0 Å². The first-order valence-corrected chi connectivity index (χ1v) is 7.39. The third-order valence-corrected chi connectivity index (χ3v) is 3.80. The third-order valence-electron chi connectivity index (χ3n) is 3.55. The number of hydrogen-bond donors (Lipinski definition) is 1. The molecule has 0 unspecified atom stereocenters. The largest absolute Gasteiger partial charge is 0.481 e. The summed E-state index contributed by atoms with van der Waals surface area (Å²) in [6.45, 7) is 3.09. The standard InChI is InChI=1S/C15H19ClN2O3.ClH/c16-13-5-3-12(4-6-13)10-18-9-8-17(11-14(18)19)7-1-2-15(20)21;/h3-6H,1-2,7-11H2,(H,20,21);1H. The SMILES string of the molecule is Cl.O=C(O)CCCN1CCN(Cc2ccc(Cl)cc2)C(=O)C1. The van der Waals surface area contributed by atoms with Crippen molar-refractivity contribution in [2.24, 2.45) is 0 Å². The van der Waals surface area contributed by atoms with Gasteiger partial charge in [-0.15, -0.1) is 12.4 Å². The van der Waals surface area contributed by atoms with Gasteiger partial charge in [-0.05, 0) is 30.7 Å². The van der Waals surface area contributed by atoms with E-state index in [0.29, 0.717) is 37.6 Å². The molecule has 0 radical (unpaired) electrons. The summed E-state index contributed by atoms with van der Waals surface area (Å²) >= 11 is 5.84. The predicted octanol–water partition coefficient (Wildman–Crippen LogP) is 2.27. The van der Waals surface area contributed by atoms with Gasteiger partial charge in [-0.3, -0.25) is 14.5 Å². The van der Waals surface area contributed by atoms with E-state index in [2.05, 4.69) is 0 Å². The topological polar surface area (TPSA) is 60.9 Å². The highest BCUT2D eigenvalue weighted by molar-refractivity contribution is 6.30. The molecule has 1 fully saturated rings. The molecule has 0 bridgehead atoms. The Bertz CT molecular complexity index is 508. The number of nitrogens with zero attached hydrogens (tertiary/aromatic N) is 2.